The fraction of sp³-hybridized carbons (Fsp3) is 0.263. The van der Waals surface area contributed by atoms with Crippen LogP contribution in [0.4, 0.5) is 11.4 Å². The normalized spacial score (nSPS) is 20.0. The zero-order chi connectivity index (χ0) is 19.9. The van der Waals surface area contributed by atoms with Gasteiger partial charge in [-0.05, 0) is 49.2 Å². The van der Waals surface area contributed by atoms with Crippen molar-refractivity contribution in [2.75, 3.05) is 23.3 Å². The summed E-state index contributed by atoms with van der Waals surface area (Å²) in [5.41, 5.74) is 1.11. The second-order valence-corrected chi connectivity index (χ2v) is 9.04. The first-order chi connectivity index (χ1) is 13.4. The summed E-state index contributed by atoms with van der Waals surface area (Å²) in [5.74, 6) is -0.700. The second-order valence-electron chi connectivity index (χ2n) is 6.72. The molecule has 2 aliphatic rings. The smallest absolute Gasteiger partial charge is 0.245 e. The summed E-state index contributed by atoms with van der Waals surface area (Å²) in [6.45, 7) is 0.115. The lowest BCUT2D eigenvalue weighted by molar-refractivity contribution is -0.124. The van der Waals surface area contributed by atoms with Crippen LogP contribution >= 0.6 is 11.6 Å². The summed E-state index contributed by atoms with van der Waals surface area (Å²) in [4.78, 5) is 26.8. The highest BCUT2D eigenvalue weighted by Gasteiger charge is 2.42. The fourth-order valence-electron chi connectivity index (χ4n) is 3.63. The van der Waals surface area contributed by atoms with E-state index in [0.717, 1.165) is 0 Å². The van der Waals surface area contributed by atoms with E-state index in [1.807, 2.05) is 0 Å². The van der Waals surface area contributed by atoms with Crippen molar-refractivity contribution < 1.29 is 18.0 Å². The number of carbonyl (C=O) groups is 2. The lowest BCUT2D eigenvalue weighted by atomic mass is 10.1. The van der Waals surface area contributed by atoms with Crippen molar-refractivity contribution in [2.45, 2.75) is 23.8 Å². The number of para-hydroxylation sites is 2. The van der Waals surface area contributed by atoms with Gasteiger partial charge in [0.1, 0.15) is 12.6 Å². The van der Waals surface area contributed by atoms with Gasteiger partial charge in [0.15, 0.2) is 0 Å². The van der Waals surface area contributed by atoms with Gasteiger partial charge in [-0.2, -0.15) is 4.31 Å². The van der Waals surface area contributed by atoms with Crippen molar-refractivity contribution in [2.24, 2.45) is 0 Å². The number of benzene rings is 2. The molecule has 0 aromatic heterocycles. The molecule has 1 N–H and O–H groups in total. The fourth-order valence-corrected chi connectivity index (χ4v) is 5.40. The van der Waals surface area contributed by atoms with Gasteiger partial charge in [-0.25, -0.2) is 8.42 Å². The standard InChI is InChI=1S/C19H18ClN3O4S/c20-13-7-9-14(10-8-13)28(26,27)23-11-3-6-17(23)19(25)22-12-18(24)21-15-4-1-2-5-16(15)22/h1-2,4-5,7-10,17H,3,6,11-12H2,(H,21,24). The van der Waals surface area contributed by atoms with Crippen LogP contribution in [0.25, 0.3) is 0 Å². The average molecular weight is 420 g/mol. The van der Waals surface area contributed by atoms with E-state index in [1.165, 1.54) is 33.5 Å². The van der Waals surface area contributed by atoms with Crippen molar-refractivity contribution in [3.63, 3.8) is 0 Å². The number of fused-ring (bicyclic) bond motifs is 1. The van der Waals surface area contributed by atoms with Crippen LogP contribution in [0.5, 0.6) is 0 Å². The van der Waals surface area contributed by atoms with Gasteiger partial charge in [0.25, 0.3) is 0 Å². The molecule has 2 heterocycles. The van der Waals surface area contributed by atoms with E-state index in [-0.39, 0.29) is 23.9 Å². The molecule has 1 fully saturated rings. The highest BCUT2D eigenvalue weighted by molar-refractivity contribution is 7.89. The molecule has 0 bridgehead atoms. The topological polar surface area (TPSA) is 86.8 Å². The maximum Gasteiger partial charge on any atom is 0.245 e. The van der Waals surface area contributed by atoms with Crippen LogP contribution in [0.2, 0.25) is 5.02 Å². The predicted molar refractivity (Wildman–Crippen MR) is 106 cm³/mol. The Bertz CT molecular complexity index is 1040. The minimum absolute atomic E-state index is 0.0911. The van der Waals surface area contributed by atoms with Crippen molar-refractivity contribution in [1.29, 1.82) is 0 Å². The van der Waals surface area contributed by atoms with E-state index < -0.39 is 22.0 Å². The Kier molecular flexibility index (Phi) is 4.86. The predicted octanol–water partition coefficient (Wildman–Crippen LogP) is 2.48. The molecular weight excluding hydrogens is 402 g/mol. The van der Waals surface area contributed by atoms with E-state index in [2.05, 4.69) is 5.32 Å². The molecule has 2 aromatic rings. The highest BCUT2D eigenvalue weighted by Crippen LogP contribution is 2.33. The molecule has 0 saturated carbocycles. The highest BCUT2D eigenvalue weighted by atomic mass is 35.5. The van der Waals surface area contributed by atoms with Crippen LogP contribution in [0.15, 0.2) is 53.4 Å². The Morgan fingerprint density at radius 1 is 1.11 bits per heavy atom. The number of nitrogens with zero attached hydrogens (tertiary/aromatic N) is 2. The molecule has 0 radical (unpaired) electrons. The Morgan fingerprint density at radius 3 is 2.57 bits per heavy atom. The quantitative estimate of drug-likeness (QED) is 0.828. The van der Waals surface area contributed by atoms with Crippen LogP contribution in [-0.2, 0) is 19.6 Å². The molecule has 1 atom stereocenters. The van der Waals surface area contributed by atoms with E-state index >= 15 is 0 Å². The van der Waals surface area contributed by atoms with E-state index in [1.54, 1.807) is 24.3 Å². The Labute approximate surface area is 167 Å². The molecule has 9 heteroatoms. The van der Waals surface area contributed by atoms with Crippen LogP contribution < -0.4 is 10.2 Å². The number of hydrogen-bond acceptors (Lipinski definition) is 4. The zero-order valence-electron chi connectivity index (χ0n) is 14.8. The first kappa shape index (κ1) is 18.9. The molecule has 4 rings (SSSR count). The van der Waals surface area contributed by atoms with Gasteiger partial charge in [-0.1, -0.05) is 23.7 Å². The van der Waals surface area contributed by atoms with Gasteiger partial charge in [0, 0.05) is 11.6 Å². The van der Waals surface area contributed by atoms with Gasteiger partial charge in [-0.15, -0.1) is 0 Å². The number of sulfonamides is 1. The third-order valence-electron chi connectivity index (χ3n) is 4.95. The molecule has 28 heavy (non-hydrogen) atoms. The zero-order valence-corrected chi connectivity index (χ0v) is 16.4. The lowest BCUT2D eigenvalue weighted by Crippen LogP contribution is -2.51. The van der Waals surface area contributed by atoms with Crippen LogP contribution in [0, 0.1) is 0 Å². The van der Waals surface area contributed by atoms with Gasteiger partial charge in [-0.3, -0.25) is 14.5 Å². The maximum atomic E-state index is 13.3. The molecule has 7 nitrogen and oxygen atoms in total. The van der Waals surface area contributed by atoms with E-state index in [0.29, 0.717) is 29.2 Å². The molecule has 146 valence electrons. The number of carbonyl (C=O) groups excluding carboxylic acids is 2. The number of rotatable bonds is 3. The third-order valence-corrected chi connectivity index (χ3v) is 7.12. The Hall–Kier alpha value is -2.42. The molecule has 0 spiro atoms. The number of anilines is 2. The lowest BCUT2D eigenvalue weighted by Gasteiger charge is -2.33. The van der Waals surface area contributed by atoms with E-state index in [4.69, 9.17) is 11.6 Å². The van der Waals surface area contributed by atoms with E-state index in [9.17, 15) is 18.0 Å². The number of halogens is 1. The first-order valence-corrected chi connectivity index (χ1v) is 10.7. The van der Waals surface area contributed by atoms with Gasteiger partial charge in [0.05, 0.1) is 16.3 Å². The first-order valence-electron chi connectivity index (χ1n) is 8.85. The minimum atomic E-state index is -3.85. The van der Waals surface area contributed by atoms with Gasteiger partial charge < -0.3 is 5.32 Å². The molecule has 1 saturated heterocycles. The Morgan fingerprint density at radius 2 is 1.82 bits per heavy atom. The Balaban J connectivity index is 1.66. The molecule has 0 aliphatic carbocycles. The second kappa shape index (κ2) is 7.20. The van der Waals surface area contributed by atoms with Crippen LogP contribution in [0.1, 0.15) is 12.8 Å². The van der Waals surface area contributed by atoms with Crippen molar-refractivity contribution in [3.05, 3.63) is 53.6 Å². The van der Waals surface area contributed by atoms with Crippen molar-refractivity contribution in [1.82, 2.24) is 4.31 Å². The molecule has 2 aromatic carbocycles. The summed E-state index contributed by atoms with van der Waals surface area (Å²) in [5, 5.41) is 3.16. The molecule has 1 unspecified atom stereocenters. The number of amides is 2. The monoisotopic (exact) mass is 419 g/mol. The van der Waals surface area contributed by atoms with Gasteiger partial charge in [0.2, 0.25) is 21.8 Å². The molecular formula is C19H18ClN3O4S. The SMILES string of the molecule is O=C1CN(C(=O)C2CCCN2S(=O)(=O)c2ccc(Cl)cc2)c2ccccc2N1. The molecule has 2 aliphatic heterocycles. The summed E-state index contributed by atoms with van der Waals surface area (Å²) in [6.07, 6.45) is 0.983. The summed E-state index contributed by atoms with van der Waals surface area (Å²) in [7, 11) is -3.85. The van der Waals surface area contributed by atoms with Crippen molar-refractivity contribution >= 4 is 44.8 Å². The summed E-state index contributed by atoms with van der Waals surface area (Å²) >= 11 is 5.86. The average Bonchev–Trinajstić information content (AvgIpc) is 3.18. The summed E-state index contributed by atoms with van der Waals surface area (Å²) in [6, 6.07) is 12.0. The van der Waals surface area contributed by atoms with Crippen molar-refractivity contribution in [3.8, 4) is 0 Å². The summed E-state index contributed by atoms with van der Waals surface area (Å²) < 4.78 is 27.4. The molecule has 2 amide bonds. The number of hydrogen-bond donors (Lipinski definition) is 1. The maximum absolute atomic E-state index is 13.3. The largest absolute Gasteiger partial charge is 0.323 e. The van der Waals surface area contributed by atoms with Crippen LogP contribution in [-0.4, -0.2) is 43.7 Å². The minimum Gasteiger partial charge on any atom is -0.323 e. The number of nitrogens with one attached hydrogen (secondary N) is 1. The third kappa shape index (κ3) is 3.28. The van der Waals surface area contributed by atoms with Crippen LogP contribution in [0.3, 0.4) is 0 Å². The van der Waals surface area contributed by atoms with Gasteiger partial charge >= 0.3 is 0 Å².